The largest absolute Gasteiger partial charge is 0.480 e. The maximum absolute atomic E-state index is 11.7. The second-order valence-corrected chi connectivity index (χ2v) is 4.23. The fraction of sp³-hybridized carbons (Fsp3) is 0.364. The van der Waals surface area contributed by atoms with E-state index in [1.807, 2.05) is 0 Å². The monoisotopic (exact) mass is 294 g/mol. The Morgan fingerprint density at radius 1 is 1.52 bits per heavy atom. The lowest BCUT2D eigenvalue weighted by molar-refractivity contribution is -0.139. The van der Waals surface area contributed by atoms with E-state index in [1.165, 1.54) is 12.5 Å². The lowest BCUT2D eigenvalue weighted by Gasteiger charge is -2.13. The van der Waals surface area contributed by atoms with Crippen molar-refractivity contribution in [2.75, 3.05) is 0 Å². The van der Waals surface area contributed by atoms with Crippen LogP contribution in [0.2, 0.25) is 0 Å². The molecule has 0 aliphatic carbocycles. The first-order valence-electron chi connectivity index (χ1n) is 6.08. The number of rotatable bonds is 6. The van der Waals surface area contributed by atoms with Gasteiger partial charge in [-0.2, -0.15) is 4.98 Å². The molecule has 2 heterocycles. The summed E-state index contributed by atoms with van der Waals surface area (Å²) in [6.45, 7) is 1.67. The van der Waals surface area contributed by atoms with Crippen LogP contribution in [0.3, 0.4) is 0 Å². The average molecular weight is 294 g/mol. The number of imidazole rings is 1. The number of aromatic nitrogens is 4. The first-order chi connectivity index (χ1) is 10.0. The number of carbonyl (C=O) groups is 2. The Morgan fingerprint density at radius 2 is 2.33 bits per heavy atom. The van der Waals surface area contributed by atoms with E-state index in [9.17, 15) is 9.59 Å². The molecule has 0 bridgehead atoms. The summed E-state index contributed by atoms with van der Waals surface area (Å²) in [6.07, 6.45) is 3.04. The van der Waals surface area contributed by atoms with Crippen molar-refractivity contribution in [2.45, 2.75) is 25.9 Å². The van der Waals surface area contributed by atoms with Crippen LogP contribution in [0.15, 0.2) is 17.0 Å². The molecule has 112 valence electrons. The van der Waals surface area contributed by atoms with Crippen molar-refractivity contribution in [1.82, 2.24) is 30.7 Å². The SMILES string of the molecule is Cc1nc(CNC(=O)N[C@@H](Cc2cnc[nH]2)C(=O)O)no1. The molecule has 10 heteroatoms. The van der Waals surface area contributed by atoms with E-state index in [2.05, 4.69) is 30.7 Å². The molecule has 0 radical (unpaired) electrons. The molecule has 0 aliphatic rings. The van der Waals surface area contributed by atoms with Crippen molar-refractivity contribution >= 4 is 12.0 Å². The first-order valence-corrected chi connectivity index (χ1v) is 6.08. The Labute approximate surface area is 119 Å². The highest BCUT2D eigenvalue weighted by Gasteiger charge is 2.21. The van der Waals surface area contributed by atoms with Gasteiger partial charge in [0, 0.05) is 25.2 Å². The summed E-state index contributed by atoms with van der Waals surface area (Å²) >= 11 is 0. The van der Waals surface area contributed by atoms with Crippen molar-refractivity contribution < 1.29 is 19.2 Å². The predicted molar refractivity (Wildman–Crippen MR) is 68.1 cm³/mol. The number of aryl methyl sites for hydroxylation is 1. The summed E-state index contributed by atoms with van der Waals surface area (Å²) in [5.74, 6) is -0.451. The number of amides is 2. The van der Waals surface area contributed by atoms with Crippen LogP contribution in [-0.2, 0) is 17.8 Å². The molecule has 0 fully saturated rings. The third-order valence-electron chi connectivity index (χ3n) is 2.56. The molecule has 2 rings (SSSR count). The molecule has 0 spiro atoms. The molecule has 0 aromatic carbocycles. The van der Waals surface area contributed by atoms with Gasteiger partial charge in [-0.25, -0.2) is 14.6 Å². The fourth-order valence-electron chi connectivity index (χ4n) is 1.60. The highest BCUT2D eigenvalue weighted by molar-refractivity contribution is 5.82. The summed E-state index contributed by atoms with van der Waals surface area (Å²) < 4.78 is 4.75. The number of aliphatic carboxylic acids is 1. The van der Waals surface area contributed by atoms with Crippen molar-refractivity contribution in [3.63, 3.8) is 0 Å². The van der Waals surface area contributed by atoms with Gasteiger partial charge in [-0.05, 0) is 0 Å². The molecule has 0 saturated heterocycles. The maximum atomic E-state index is 11.7. The number of H-pyrrole nitrogens is 1. The Morgan fingerprint density at radius 3 is 2.90 bits per heavy atom. The Bertz CT molecular complexity index is 608. The highest BCUT2D eigenvalue weighted by Crippen LogP contribution is 1.99. The van der Waals surface area contributed by atoms with E-state index in [4.69, 9.17) is 9.63 Å². The van der Waals surface area contributed by atoms with Gasteiger partial charge >= 0.3 is 12.0 Å². The van der Waals surface area contributed by atoms with Crippen molar-refractivity contribution in [3.05, 3.63) is 29.9 Å². The zero-order chi connectivity index (χ0) is 15.2. The maximum Gasteiger partial charge on any atom is 0.326 e. The van der Waals surface area contributed by atoms with Gasteiger partial charge in [0.2, 0.25) is 5.89 Å². The standard InChI is InChI=1S/C11H14N6O4/c1-6-15-9(17-21-6)4-13-11(20)16-8(10(18)19)2-7-3-12-5-14-7/h3,5,8H,2,4H2,1H3,(H,12,14)(H,18,19)(H2,13,16,20)/t8-/m0/s1. The van der Waals surface area contributed by atoms with Crippen molar-refractivity contribution in [2.24, 2.45) is 0 Å². The number of hydrogen-bond acceptors (Lipinski definition) is 6. The molecule has 1 atom stereocenters. The molecular weight excluding hydrogens is 280 g/mol. The van der Waals surface area contributed by atoms with E-state index < -0.39 is 18.0 Å². The number of nitrogens with one attached hydrogen (secondary N) is 3. The summed E-state index contributed by atoms with van der Waals surface area (Å²) in [5.41, 5.74) is 0.608. The molecule has 10 nitrogen and oxygen atoms in total. The summed E-state index contributed by atoms with van der Waals surface area (Å²) in [4.78, 5) is 33.3. The third kappa shape index (κ3) is 4.30. The van der Waals surface area contributed by atoms with E-state index in [0.29, 0.717) is 17.4 Å². The van der Waals surface area contributed by atoms with Crippen LogP contribution >= 0.6 is 0 Å². The van der Waals surface area contributed by atoms with Crippen molar-refractivity contribution in [3.8, 4) is 0 Å². The van der Waals surface area contributed by atoms with Gasteiger partial charge in [0.1, 0.15) is 6.04 Å². The van der Waals surface area contributed by atoms with E-state index in [1.54, 1.807) is 6.92 Å². The lowest BCUT2D eigenvalue weighted by Crippen LogP contribution is -2.47. The molecule has 0 saturated carbocycles. The van der Waals surface area contributed by atoms with Gasteiger partial charge in [0.25, 0.3) is 0 Å². The van der Waals surface area contributed by atoms with Gasteiger partial charge in [0.05, 0.1) is 12.9 Å². The van der Waals surface area contributed by atoms with Crippen LogP contribution in [-0.4, -0.2) is 43.3 Å². The number of carboxylic acids is 1. The van der Waals surface area contributed by atoms with Gasteiger partial charge in [-0.1, -0.05) is 5.16 Å². The summed E-state index contributed by atoms with van der Waals surface area (Å²) in [6, 6.07) is -1.71. The zero-order valence-electron chi connectivity index (χ0n) is 11.2. The molecule has 2 amide bonds. The molecule has 21 heavy (non-hydrogen) atoms. The second-order valence-electron chi connectivity index (χ2n) is 4.23. The lowest BCUT2D eigenvalue weighted by atomic mass is 10.2. The second kappa shape index (κ2) is 6.50. The normalized spacial score (nSPS) is 11.9. The molecule has 0 unspecified atom stereocenters. The van der Waals surface area contributed by atoms with E-state index in [-0.39, 0.29) is 13.0 Å². The van der Waals surface area contributed by atoms with Gasteiger partial charge in [-0.3, -0.25) is 0 Å². The smallest absolute Gasteiger partial charge is 0.326 e. The number of nitrogens with zero attached hydrogens (tertiary/aromatic N) is 3. The minimum Gasteiger partial charge on any atom is -0.480 e. The van der Waals surface area contributed by atoms with Crippen LogP contribution in [0.4, 0.5) is 4.79 Å². The van der Waals surface area contributed by atoms with Gasteiger partial charge in [0.15, 0.2) is 5.82 Å². The molecule has 2 aromatic heterocycles. The van der Waals surface area contributed by atoms with Crippen LogP contribution in [0, 0.1) is 6.92 Å². The quantitative estimate of drug-likeness (QED) is 0.566. The Kier molecular flexibility index (Phi) is 4.49. The predicted octanol–water partition coefficient (Wildman–Crippen LogP) is -0.404. The molecule has 2 aromatic rings. The van der Waals surface area contributed by atoms with Crippen LogP contribution < -0.4 is 10.6 Å². The van der Waals surface area contributed by atoms with Crippen LogP contribution in [0.25, 0.3) is 0 Å². The highest BCUT2D eigenvalue weighted by atomic mass is 16.5. The average Bonchev–Trinajstić information content (AvgIpc) is 3.07. The van der Waals surface area contributed by atoms with Crippen LogP contribution in [0.1, 0.15) is 17.4 Å². The third-order valence-corrected chi connectivity index (χ3v) is 2.56. The topological polar surface area (TPSA) is 146 Å². The number of aromatic amines is 1. The number of carbonyl (C=O) groups excluding carboxylic acids is 1. The van der Waals surface area contributed by atoms with Gasteiger partial charge < -0.3 is 25.2 Å². The number of carboxylic acid groups (broad SMARTS) is 1. The molecular formula is C11H14N6O4. The van der Waals surface area contributed by atoms with E-state index >= 15 is 0 Å². The van der Waals surface area contributed by atoms with Crippen LogP contribution in [0.5, 0.6) is 0 Å². The fourth-order valence-corrected chi connectivity index (χ4v) is 1.60. The zero-order valence-corrected chi connectivity index (χ0v) is 11.2. The minimum atomic E-state index is -1.14. The number of hydrogen-bond donors (Lipinski definition) is 4. The Hall–Kier alpha value is -2.91. The Balaban J connectivity index is 1.84. The summed E-state index contributed by atoms with van der Waals surface area (Å²) in [7, 11) is 0. The molecule has 0 aliphatic heterocycles. The minimum absolute atomic E-state index is 0.0412. The van der Waals surface area contributed by atoms with Crippen molar-refractivity contribution in [1.29, 1.82) is 0 Å². The van der Waals surface area contributed by atoms with Gasteiger partial charge in [-0.15, -0.1) is 0 Å². The molecule has 4 N–H and O–H groups in total. The number of urea groups is 1. The van der Waals surface area contributed by atoms with E-state index in [0.717, 1.165) is 0 Å². The first kappa shape index (κ1) is 14.5. The summed E-state index contributed by atoms with van der Waals surface area (Å²) in [5, 5.41) is 17.5.